The fraction of sp³-hybridized carbons (Fsp3) is 0.364. The molecule has 2 rings (SSSR count). The van der Waals surface area contributed by atoms with Gasteiger partial charge in [0.05, 0.1) is 11.0 Å². The molecule has 2 aromatic rings. The second-order valence-electron chi connectivity index (χ2n) is 3.87. The Labute approximate surface area is 83.1 Å². The van der Waals surface area contributed by atoms with E-state index in [2.05, 4.69) is 26.0 Å². The molecule has 0 aliphatic rings. The Bertz CT molecular complexity index is 510. The van der Waals surface area contributed by atoms with E-state index in [0.29, 0.717) is 5.62 Å². The van der Waals surface area contributed by atoms with Crippen molar-refractivity contribution in [3.05, 3.63) is 28.9 Å². The fourth-order valence-corrected chi connectivity index (χ4v) is 1.78. The van der Waals surface area contributed by atoms with Crippen molar-refractivity contribution >= 4 is 11.0 Å². The van der Waals surface area contributed by atoms with E-state index in [0.717, 1.165) is 11.0 Å². The van der Waals surface area contributed by atoms with Crippen LogP contribution in [-0.4, -0.2) is 9.13 Å². The molecule has 1 heterocycles. The van der Waals surface area contributed by atoms with Crippen molar-refractivity contribution in [2.24, 2.45) is 14.1 Å². The van der Waals surface area contributed by atoms with Gasteiger partial charge in [-0.3, -0.25) is 5.41 Å². The van der Waals surface area contributed by atoms with E-state index in [1.54, 1.807) is 0 Å². The monoisotopic (exact) mass is 189 g/mol. The molecule has 0 radical (unpaired) electrons. The van der Waals surface area contributed by atoms with E-state index in [-0.39, 0.29) is 0 Å². The summed E-state index contributed by atoms with van der Waals surface area (Å²) in [7, 11) is 3.86. The minimum atomic E-state index is 0.532. The molecule has 0 unspecified atom stereocenters. The Balaban J connectivity index is 3.04. The summed E-state index contributed by atoms with van der Waals surface area (Å²) >= 11 is 0. The van der Waals surface area contributed by atoms with Crippen molar-refractivity contribution in [1.82, 2.24) is 9.13 Å². The van der Waals surface area contributed by atoms with Gasteiger partial charge in [0.25, 0.3) is 0 Å². The second kappa shape index (κ2) is 2.74. The summed E-state index contributed by atoms with van der Waals surface area (Å²) < 4.78 is 3.81. The summed E-state index contributed by atoms with van der Waals surface area (Å²) in [5, 5.41) is 7.84. The van der Waals surface area contributed by atoms with Crippen LogP contribution in [0.2, 0.25) is 0 Å². The number of benzene rings is 1. The standard InChI is InChI=1S/C11H15N3/c1-7-5-9-10(6-8(7)2)14(4)11(12)13(9)3/h5-6,12H,1-4H3. The van der Waals surface area contributed by atoms with Gasteiger partial charge in [-0.15, -0.1) is 0 Å². The number of hydrogen-bond acceptors (Lipinski definition) is 1. The molecule has 0 aliphatic heterocycles. The minimum absolute atomic E-state index is 0.532. The van der Waals surface area contributed by atoms with E-state index >= 15 is 0 Å². The Morgan fingerprint density at radius 2 is 1.29 bits per heavy atom. The summed E-state index contributed by atoms with van der Waals surface area (Å²) in [6, 6.07) is 4.28. The van der Waals surface area contributed by atoms with Crippen LogP contribution in [0.5, 0.6) is 0 Å². The van der Waals surface area contributed by atoms with Gasteiger partial charge in [0.2, 0.25) is 5.62 Å². The van der Waals surface area contributed by atoms with E-state index in [1.807, 2.05) is 23.2 Å². The molecule has 1 aromatic carbocycles. The molecule has 14 heavy (non-hydrogen) atoms. The quantitative estimate of drug-likeness (QED) is 0.653. The molecule has 3 nitrogen and oxygen atoms in total. The molecular formula is C11H15N3. The summed E-state index contributed by atoms with van der Waals surface area (Å²) in [6.45, 7) is 4.21. The van der Waals surface area contributed by atoms with Crippen molar-refractivity contribution in [3.63, 3.8) is 0 Å². The third-order valence-electron chi connectivity index (χ3n) is 2.95. The second-order valence-corrected chi connectivity index (χ2v) is 3.87. The maximum atomic E-state index is 7.84. The first kappa shape index (κ1) is 9.06. The molecule has 1 N–H and O–H groups in total. The molecule has 3 heteroatoms. The van der Waals surface area contributed by atoms with E-state index < -0.39 is 0 Å². The topological polar surface area (TPSA) is 33.7 Å². The van der Waals surface area contributed by atoms with Crippen LogP contribution >= 0.6 is 0 Å². The van der Waals surface area contributed by atoms with Crippen LogP contribution in [-0.2, 0) is 14.1 Å². The summed E-state index contributed by atoms with van der Waals surface area (Å²) in [5.74, 6) is 0. The van der Waals surface area contributed by atoms with Crippen molar-refractivity contribution < 1.29 is 0 Å². The van der Waals surface area contributed by atoms with Crippen LogP contribution in [0.25, 0.3) is 11.0 Å². The van der Waals surface area contributed by atoms with Crippen molar-refractivity contribution in [2.75, 3.05) is 0 Å². The van der Waals surface area contributed by atoms with Gasteiger partial charge in [0.15, 0.2) is 0 Å². The normalized spacial score (nSPS) is 11.1. The molecule has 0 saturated heterocycles. The fourth-order valence-electron chi connectivity index (χ4n) is 1.78. The number of hydrogen-bond donors (Lipinski definition) is 1. The van der Waals surface area contributed by atoms with Crippen LogP contribution in [0.15, 0.2) is 12.1 Å². The largest absolute Gasteiger partial charge is 0.313 e. The first-order chi connectivity index (χ1) is 6.52. The Hall–Kier alpha value is -1.51. The van der Waals surface area contributed by atoms with Gasteiger partial charge >= 0.3 is 0 Å². The first-order valence-electron chi connectivity index (χ1n) is 4.69. The first-order valence-corrected chi connectivity index (χ1v) is 4.69. The number of nitrogens with zero attached hydrogens (tertiary/aromatic N) is 2. The van der Waals surface area contributed by atoms with E-state index in [9.17, 15) is 0 Å². The van der Waals surface area contributed by atoms with E-state index in [1.165, 1.54) is 11.1 Å². The molecule has 0 bridgehead atoms. The van der Waals surface area contributed by atoms with Crippen LogP contribution in [0.4, 0.5) is 0 Å². The number of fused-ring (bicyclic) bond motifs is 1. The zero-order valence-electron chi connectivity index (χ0n) is 9.05. The molecule has 0 amide bonds. The Morgan fingerprint density at radius 1 is 0.929 bits per heavy atom. The lowest BCUT2D eigenvalue weighted by molar-refractivity contribution is 0.742. The third-order valence-corrected chi connectivity index (χ3v) is 2.95. The Kier molecular flexibility index (Phi) is 1.77. The number of rotatable bonds is 0. The summed E-state index contributed by atoms with van der Waals surface area (Å²) in [4.78, 5) is 0. The lowest BCUT2D eigenvalue weighted by Crippen LogP contribution is -2.19. The highest BCUT2D eigenvalue weighted by Gasteiger charge is 2.06. The maximum absolute atomic E-state index is 7.84. The van der Waals surface area contributed by atoms with Crippen molar-refractivity contribution in [1.29, 1.82) is 5.41 Å². The highest BCUT2D eigenvalue weighted by atomic mass is 15.1. The molecule has 0 atom stereocenters. The van der Waals surface area contributed by atoms with Crippen LogP contribution in [0, 0.1) is 19.3 Å². The number of nitrogens with one attached hydrogen (secondary N) is 1. The molecule has 74 valence electrons. The predicted molar refractivity (Wildman–Crippen MR) is 57.2 cm³/mol. The third kappa shape index (κ3) is 1.02. The zero-order chi connectivity index (χ0) is 10.5. The van der Waals surface area contributed by atoms with Crippen LogP contribution in [0.1, 0.15) is 11.1 Å². The van der Waals surface area contributed by atoms with Crippen LogP contribution in [0.3, 0.4) is 0 Å². The van der Waals surface area contributed by atoms with Crippen molar-refractivity contribution in [2.45, 2.75) is 13.8 Å². The molecule has 0 spiro atoms. The average Bonchev–Trinajstić information content (AvgIpc) is 2.34. The molecule has 1 aromatic heterocycles. The molecular weight excluding hydrogens is 174 g/mol. The number of imidazole rings is 1. The predicted octanol–water partition coefficient (Wildman–Crippen LogP) is 1.61. The zero-order valence-corrected chi connectivity index (χ0v) is 9.05. The van der Waals surface area contributed by atoms with Gasteiger partial charge in [-0.25, -0.2) is 0 Å². The SMILES string of the molecule is Cc1cc2c(cc1C)n(C)c(=N)n2C. The van der Waals surface area contributed by atoms with Gasteiger partial charge in [-0.05, 0) is 37.1 Å². The summed E-state index contributed by atoms with van der Waals surface area (Å²) in [6.07, 6.45) is 0. The molecule has 0 aliphatic carbocycles. The number of aryl methyl sites for hydroxylation is 4. The van der Waals surface area contributed by atoms with Crippen LogP contribution < -0.4 is 5.62 Å². The summed E-state index contributed by atoms with van der Waals surface area (Å²) in [5.41, 5.74) is 5.34. The molecule has 0 fully saturated rings. The Morgan fingerprint density at radius 3 is 1.64 bits per heavy atom. The van der Waals surface area contributed by atoms with Crippen molar-refractivity contribution in [3.8, 4) is 0 Å². The maximum Gasteiger partial charge on any atom is 0.202 e. The minimum Gasteiger partial charge on any atom is -0.313 e. The van der Waals surface area contributed by atoms with Gasteiger partial charge < -0.3 is 9.13 Å². The lowest BCUT2D eigenvalue weighted by Gasteiger charge is -2.01. The highest BCUT2D eigenvalue weighted by molar-refractivity contribution is 5.77. The van der Waals surface area contributed by atoms with Gasteiger partial charge in [0.1, 0.15) is 0 Å². The lowest BCUT2D eigenvalue weighted by atomic mass is 10.1. The van der Waals surface area contributed by atoms with Gasteiger partial charge in [0, 0.05) is 14.1 Å². The van der Waals surface area contributed by atoms with Gasteiger partial charge in [-0.2, -0.15) is 0 Å². The smallest absolute Gasteiger partial charge is 0.202 e. The molecule has 0 saturated carbocycles. The van der Waals surface area contributed by atoms with E-state index in [4.69, 9.17) is 5.41 Å². The number of aromatic nitrogens is 2. The highest BCUT2D eigenvalue weighted by Crippen LogP contribution is 2.17. The average molecular weight is 189 g/mol. The van der Waals surface area contributed by atoms with Gasteiger partial charge in [-0.1, -0.05) is 0 Å².